The lowest BCUT2D eigenvalue weighted by molar-refractivity contribution is 0.111. The Balaban J connectivity index is 2.48. The number of ether oxygens (including phenoxy) is 1. The van der Waals surface area contributed by atoms with Crippen LogP contribution in [0.1, 0.15) is 16.2 Å². The number of aromatic nitrogens is 2. The van der Waals surface area contributed by atoms with Gasteiger partial charge < -0.3 is 9.30 Å². The van der Waals surface area contributed by atoms with Crippen molar-refractivity contribution in [2.45, 2.75) is 6.92 Å². The van der Waals surface area contributed by atoms with Crippen LogP contribution in [0.4, 0.5) is 0 Å². The van der Waals surface area contributed by atoms with Crippen molar-refractivity contribution >= 4 is 6.29 Å². The summed E-state index contributed by atoms with van der Waals surface area (Å²) in [4.78, 5) is 15.1. The van der Waals surface area contributed by atoms with E-state index in [1.54, 1.807) is 7.11 Å². The molecular weight excluding hydrogens is 216 g/mol. The summed E-state index contributed by atoms with van der Waals surface area (Å²) in [6.45, 7) is 1.88. The quantitative estimate of drug-likeness (QED) is 0.759. The maximum atomic E-state index is 10.8. The van der Waals surface area contributed by atoms with Crippen LogP contribution in [0, 0.1) is 6.92 Å². The summed E-state index contributed by atoms with van der Waals surface area (Å²) in [7, 11) is 3.53. The molecule has 4 nitrogen and oxygen atoms in total. The van der Waals surface area contributed by atoms with Crippen LogP contribution in [0.25, 0.3) is 11.4 Å². The second-order valence-electron chi connectivity index (χ2n) is 3.81. The predicted molar refractivity (Wildman–Crippen MR) is 65.3 cm³/mol. The van der Waals surface area contributed by atoms with Gasteiger partial charge in [-0.2, -0.15) is 0 Å². The Bertz CT molecular complexity index is 541. The highest BCUT2D eigenvalue weighted by Gasteiger charge is 2.11. The molecule has 88 valence electrons. The normalized spacial score (nSPS) is 10.3. The Morgan fingerprint density at radius 1 is 1.29 bits per heavy atom. The summed E-state index contributed by atoms with van der Waals surface area (Å²) in [6.07, 6.45) is 0.780. The van der Waals surface area contributed by atoms with E-state index >= 15 is 0 Å². The van der Waals surface area contributed by atoms with Gasteiger partial charge in [-0.05, 0) is 31.2 Å². The lowest BCUT2D eigenvalue weighted by Gasteiger charge is -2.04. The highest BCUT2D eigenvalue weighted by atomic mass is 16.5. The summed E-state index contributed by atoms with van der Waals surface area (Å²) in [6, 6.07) is 7.60. The predicted octanol–water partition coefficient (Wildman–Crippen LogP) is 2.22. The van der Waals surface area contributed by atoms with E-state index < -0.39 is 0 Å². The van der Waals surface area contributed by atoms with Crippen molar-refractivity contribution < 1.29 is 9.53 Å². The molecule has 1 aromatic heterocycles. The summed E-state index contributed by atoms with van der Waals surface area (Å²) in [5.41, 5.74) is 2.31. The van der Waals surface area contributed by atoms with E-state index in [1.165, 1.54) is 0 Å². The highest BCUT2D eigenvalue weighted by molar-refractivity contribution is 5.76. The molecule has 0 saturated carbocycles. The van der Waals surface area contributed by atoms with Gasteiger partial charge in [0.05, 0.1) is 7.11 Å². The fourth-order valence-electron chi connectivity index (χ4n) is 1.71. The summed E-state index contributed by atoms with van der Waals surface area (Å²) in [5, 5.41) is 0. The van der Waals surface area contributed by atoms with Crippen molar-refractivity contribution in [1.82, 2.24) is 9.55 Å². The Hall–Kier alpha value is -2.10. The largest absolute Gasteiger partial charge is 0.497 e. The van der Waals surface area contributed by atoms with Gasteiger partial charge in [0.25, 0.3) is 0 Å². The third-order valence-electron chi connectivity index (χ3n) is 2.88. The van der Waals surface area contributed by atoms with Gasteiger partial charge in [-0.3, -0.25) is 4.79 Å². The SMILES string of the molecule is COc1ccc(-c2nc(C=O)c(C)n2C)cc1. The molecule has 0 aliphatic carbocycles. The van der Waals surface area contributed by atoms with Crippen molar-refractivity contribution in [3.05, 3.63) is 35.7 Å². The van der Waals surface area contributed by atoms with Crippen molar-refractivity contribution in [2.75, 3.05) is 7.11 Å². The number of nitrogens with zero attached hydrogens (tertiary/aromatic N) is 2. The lowest BCUT2D eigenvalue weighted by Crippen LogP contribution is -1.95. The van der Waals surface area contributed by atoms with Gasteiger partial charge in [-0.15, -0.1) is 0 Å². The zero-order valence-electron chi connectivity index (χ0n) is 10.1. The number of imidazole rings is 1. The molecule has 0 radical (unpaired) electrons. The van der Waals surface area contributed by atoms with Crippen LogP contribution in [0.2, 0.25) is 0 Å². The fourth-order valence-corrected chi connectivity index (χ4v) is 1.71. The zero-order chi connectivity index (χ0) is 12.4. The van der Waals surface area contributed by atoms with E-state index in [0.29, 0.717) is 5.69 Å². The number of methoxy groups -OCH3 is 1. The number of aldehydes is 1. The molecule has 1 aromatic carbocycles. The zero-order valence-corrected chi connectivity index (χ0v) is 10.1. The minimum atomic E-state index is 0.485. The molecule has 0 saturated heterocycles. The smallest absolute Gasteiger partial charge is 0.170 e. The molecule has 0 atom stereocenters. The van der Waals surface area contributed by atoms with Gasteiger partial charge in [0.1, 0.15) is 17.3 Å². The minimum absolute atomic E-state index is 0.485. The Kier molecular flexibility index (Phi) is 2.95. The van der Waals surface area contributed by atoms with E-state index in [-0.39, 0.29) is 0 Å². The minimum Gasteiger partial charge on any atom is -0.497 e. The number of carbonyl (C=O) groups excluding carboxylic acids is 1. The topological polar surface area (TPSA) is 44.1 Å². The Labute approximate surface area is 99.9 Å². The van der Waals surface area contributed by atoms with Gasteiger partial charge in [0.15, 0.2) is 6.29 Å². The maximum Gasteiger partial charge on any atom is 0.170 e. The Morgan fingerprint density at radius 3 is 2.41 bits per heavy atom. The molecule has 0 aliphatic rings. The first-order chi connectivity index (χ1) is 8.17. The average molecular weight is 230 g/mol. The molecule has 0 amide bonds. The van der Waals surface area contributed by atoms with Crippen LogP contribution in [-0.4, -0.2) is 22.9 Å². The van der Waals surface area contributed by atoms with E-state index in [2.05, 4.69) is 4.98 Å². The first-order valence-corrected chi connectivity index (χ1v) is 5.30. The van der Waals surface area contributed by atoms with E-state index in [9.17, 15) is 4.79 Å². The van der Waals surface area contributed by atoms with Gasteiger partial charge in [-0.1, -0.05) is 0 Å². The molecule has 0 fully saturated rings. The molecule has 4 heteroatoms. The molecule has 2 rings (SSSR count). The standard InChI is InChI=1S/C13H14N2O2/c1-9-12(8-16)14-13(15(9)2)10-4-6-11(17-3)7-5-10/h4-8H,1-3H3. The van der Waals surface area contributed by atoms with E-state index in [4.69, 9.17) is 4.74 Å². The van der Waals surface area contributed by atoms with Gasteiger partial charge in [0.2, 0.25) is 0 Å². The number of benzene rings is 1. The van der Waals surface area contributed by atoms with Gasteiger partial charge in [0, 0.05) is 18.3 Å². The molecule has 17 heavy (non-hydrogen) atoms. The molecule has 0 aliphatic heterocycles. The number of hydrogen-bond donors (Lipinski definition) is 0. The van der Waals surface area contributed by atoms with Gasteiger partial charge in [-0.25, -0.2) is 4.98 Å². The second-order valence-corrected chi connectivity index (χ2v) is 3.81. The van der Waals surface area contributed by atoms with Crippen LogP contribution in [0.3, 0.4) is 0 Å². The number of hydrogen-bond acceptors (Lipinski definition) is 3. The number of rotatable bonds is 3. The summed E-state index contributed by atoms with van der Waals surface area (Å²) < 4.78 is 7.01. The molecule has 0 bridgehead atoms. The van der Waals surface area contributed by atoms with Crippen molar-refractivity contribution in [3.8, 4) is 17.1 Å². The van der Waals surface area contributed by atoms with Crippen molar-refractivity contribution in [2.24, 2.45) is 7.05 Å². The van der Waals surface area contributed by atoms with Crippen LogP contribution < -0.4 is 4.74 Å². The van der Waals surface area contributed by atoms with Crippen LogP contribution >= 0.6 is 0 Å². The Morgan fingerprint density at radius 2 is 1.94 bits per heavy atom. The van der Waals surface area contributed by atoms with Crippen LogP contribution in [0.5, 0.6) is 5.75 Å². The molecular formula is C13H14N2O2. The fraction of sp³-hybridized carbons (Fsp3) is 0.231. The first-order valence-electron chi connectivity index (χ1n) is 5.30. The van der Waals surface area contributed by atoms with Crippen molar-refractivity contribution in [3.63, 3.8) is 0 Å². The summed E-state index contributed by atoms with van der Waals surface area (Å²) >= 11 is 0. The molecule has 0 N–H and O–H groups in total. The molecule has 0 unspecified atom stereocenters. The maximum absolute atomic E-state index is 10.8. The van der Waals surface area contributed by atoms with E-state index in [0.717, 1.165) is 29.1 Å². The summed E-state index contributed by atoms with van der Waals surface area (Å²) in [5.74, 6) is 1.59. The third kappa shape index (κ3) is 1.93. The number of carbonyl (C=O) groups is 1. The lowest BCUT2D eigenvalue weighted by atomic mass is 10.2. The second kappa shape index (κ2) is 4.41. The molecule has 2 aromatic rings. The molecule has 1 heterocycles. The highest BCUT2D eigenvalue weighted by Crippen LogP contribution is 2.22. The van der Waals surface area contributed by atoms with Crippen LogP contribution in [-0.2, 0) is 7.05 Å². The van der Waals surface area contributed by atoms with Crippen LogP contribution in [0.15, 0.2) is 24.3 Å². The molecule has 0 spiro atoms. The first kappa shape index (κ1) is 11.4. The third-order valence-corrected chi connectivity index (χ3v) is 2.88. The van der Waals surface area contributed by atoms with E-state index in [1.807, 2.05) is 42.8 Å². The van der Waals surface area contributed by atoms with Gasteiger partial charge >= 0.3 is 0 Å². The monoisotopic (exact) mass is 230 g/mol. The van der Waals surface area contributed by atoms with Crippen molar-refractivity contribution in [1.29, 1.82) is 0 Å². The average Bonchev–Trinajstić information content (AvgIpc) is 2.66.